The molecule has 1 atom stereocenters. The lowest BCUT2D eigenvalue weighted by atomic mass is 10.1. The normalized spacial score (nSPS) is 11.8. The first kappa shape index (κ1) is 17.4. The van der Waals surface area contributed by atoms with Gasteiger partial charge in [-0.1, -0.05) is 11.6 Å². The maximum absolute atomic E-state index is 11.9. The Balaban J connectivity index is 2.70. The van der Waals surface area contributed by atoms with Gasteiger partial charge in [0.1, 0.15) is 0 Å². The zero-order chi connectivity index (χ0) is 15.8. The van der Waals surface area contributed by atoms with Crippen LogP contribution < -0.4 is 16.4 Å². The lowest BCUT2D eigenvalue weighted by Crippen LogP contribution is -2.35. The molecule has 1 rings (SSSR count). The molecule has 116 valence electrons. The number of nitrogens with two attached hydrogens (primary N) is 1. The van der Waals surface area contributed by atoms with Crippen molar-refractivity contribution in [2.45, 2.75) is 18.9 Å². The van der Waals surface area contributed by atoms with Crippen molar-refractivity contribution in [1.82, 2.24) is 5.32 Å². The van der Waals surface area contributed by atoms with Crippen molar-refractivity contribution in [3.8, 4) is 0 Å². The van der Waals surface area contributed by atoms with Crippen molar-refractivity contribution in [2.24, 2.45) is 5.73 Å². The van der Waals surface area contributed by atoms with Crippen LogP contribution in [-0.2, 0) is 9.53 Å². The Morgan fingerprint density at radius 2 is 2.14 bits per heavy atom. The molecule has 6 nitrogen and oxygen atoms in total. The highest BCUT2D eigenvalue weighted by molar-refractivity contribution is 6.34. The van der Waals surface area contributed by atoms with Crippen molar-refractivity contribution in [2.75, 3.05) is 26.1 Å². The predicted octanol–water partition coefficient (Wildman–Crippen LogP) is 1.39. The van der Waals surface area contributed by atoms with Crippen LogP contribution in [0.2, 0.25) is 5.02 Å². The molecule has 0 heterocycles. The molecule has 0 saturated carbocycles. The molecule has 0 saturated heterocycles. The summed E-state index contributed by atoms with van der Waals surface area (Å²) >= 11 is 5.94. The third-order valence-electron chi connectivity index (χ3n) is 2.91. The van der Waals surface area contributed by atoms with Gasteiger partial charge >= 0.3 is 0 Å². The molecule has 4 N–H and O–H groups in total. The molecule has 1 unspecified atom stereocenters. The average Bonchev–Trinajstić information content (AvgIpc) is 2.48. The van der Waals surface area contributed by atoms with Gasteiger partial charge in [0.25, 0.3) is 5.91 Å². The number of carbonyl (C=O) groups excluding carboxylic acids is 2. The Morgan fingerprint density at radius 3 is 2.76 bits per heavy atom. The number of hydrogen-bond donors (Lipinski definition) is 3. The van der Waals surface area contributed by atoms with E-state index >= 15 is 0 Å². The number of ether oxygens (including phenoxy) is 1. The highest BCUT2D eigenvalue weighted by Gasteiger charge is 2.15. The van der Waals surface area contributed by atoms with Gasteiger partial charge in [-0.25, -0.2) is 0 Å². The Morgan fingerprint density at radius 1 is 1.43 bits per heavy atom. The van der Waals surface area contributed by atoms with Crippen LogP contribution in [0, 0.1) is 0 Å². The van der Waals surface area contributed by atoms with Gasteiger partial charge in [0.2, 0.25) is 5.91 Å². The molecule has 0 bridgehead atoms. The Kier molecular flexibility index (Phi) is 7.14. The molecular weight excluding hydrogens is 294 g/mol. The van der Waals surface area contributed by atoms with E-state index in [4.69, 9.17) is 22.1 Å². The summed E-state index contributed by atoms with van der Waals surface area (Å²) in [4.78, 5) is 23.6. The molecule has 0 spiro atoms. The molecule has 0 aromatic heterocycles. The zero-order valence-electron chi connectivity index (χ0n) is 12.1. The second kappa shape index (κ2) is 8.61. The molecule has 0 aliphatic carbocycles. The highest BCUT2D eigenvalue weighted by atomic mass is 35.5. The molecule has 0 radical (unpaired) electrons. The van der Waals surface area contributed by atoms with Crippen molar-refractivity contribution in [3.63, 3.8) is 0 Å². The summed E-state index contributed by atoms with van der Waals surface area (Å²) in [5.41, 5.74) is 6.56. The van der Waals surface area contributed by atoms with Crippen LogP contribution in [0.5, 0.6) is 0 Å². The van der Waals surface area contributed by atoms with E-state index < -0.39 is 6.04 Å². The van der Waals surface area contributed by atoms with E-state index in [1.807, 2.05) is 0 Å². The summed E-state index contributed by atoms with van der Waals surface area (Å²) in [5.74, 6) is -0.628. The fourth-order valence-corrected chi connectivity index (χ4v) is 1.93. The fraction of sp³-hybridized carbons (Fsp3) is 0.429. The third-order valence-corrected chi connectivity index (χ3v) is 3.24. The topological polar surface area (TPSA) is 93.5 Å². The van der Waals surface area contributed by atoms with Crippen molar-refractivity contribution < 1.29 is 14.3 Å². The van der Waals surface area contributed by atoms with Gasteiger partial charge < -0.3 is 21.1 Å². The van der Waals surface area contributed by atoms with Gasteiger partial charge in [-0.05, 0) is 31.0 Å². The number of hydrogen-bond acceptors (Lipinski definition) is 4. The van der Waals surface area contributed by atoms with Crippen molar-refractivity contribution in [1.29, 1.82) is 0 Å². The summed E-state index contributed by atoms with van der Waals surface area (Å²) in [7, 11) is 3.11. The van der Waals surface area contributed by atoms with E-state index in [2.05, 4.69) is 10.6 Å². The second-order valence-electron chi connectivity index (χ2n) is 4.50. The Labute approximate surface area is 129 Å². The Bertz CT molecular complexity index is 508. The van der Waals surface area contributed by atoms with E-state index in [1.165, 1.54) is 13.1 Å². The molecular formula is C14H20ClN3O3. The number of benzene rings is 1. The van der Waals surface area contributed by atoms with Gasteiger partial charge in [-0.15, -0.1) is 0 Å². The minimum atomic E-state index is -0.626. The summed E-state index contributed by atoms with van der Waals surface area (Å²) in [6.07, 6.45) is 1.23. The van der Waals surface area contributed by atoms with Gasteiger partial charge in [0, 0.05) is 26.5 Å². The standard InChI is InChI=1S/C14H20ClN3O3/c1-17-13(19)10-8-9(5-6-11(10)15)18-14(20)12(16)4-3-7-21-2/h5-6,8,12H,3-4,7,16H2,1-2H3,(H,17,19)(H,18,20). The number of amides is 2. The van der Waals surface area contributed by atoms with Crippen LogP contribution in [0.1, 0.15) is 23.2 Å². The second-order valence-corrected chi connectivity index (χ2v) is 4.91. The SMILES string of the molecule is CNC(=O)c1cc(NC(=O)C(N)CCCOC)ccc1Cl. The third kappa shape index (κ3) is 5.34. The summed E-state index contributed by atoms with van der Waals surface area (Å²) in [6.45, 7) is 0.558. The maximum atomic E-state index is 11.9. The van der Waals surface area contributed by atoms with E-state index in [0.717, 1.165) is 0 Å². The van der Waals surface area contributed by atoms with Crippen LogP contribution in [0.3, 0.4) is 0 Å². The van der Waals surface area contributed by atoms with Crippen LogP contribution in [0.25, 0.3) is 0 Å². The molecule has 2 amide bonds. The minimum Gasteiger partial charge on any atom is -0.385 e. The number of nitrogens with one attached hydrogen (secondary N) is 2. The lowest BCUT2D eigenvalue weighted by Gasteiger charge is -2.13. The van der Waals surface area contributed by atoms with E-state index in [-0.39, 0.29) is 11.8 Å². The smallest absolute Gasteiger partial charge is 0.252 e. The maximum Gasteiger partial charge on any atom is 0.252 e. The molecule has 0 aliphatic rings. The summed E-state index contributed by atoms with van der Waals surface area (Å²) in [6, 6.07) is 4.06. The fourth-order valence-electron chi connectivity index (χ4n) is 1.73. The average molecular weight is 314 g/mol. The van der Waals surface area contributed by atoms with Crippen LogP contribution in [0.4, 0.5) is 5.69 Å². The van der Waals surface area contributed by atoms with Gasteiger partial charge in [0.05, 0.1) is 16.6 Å². The highest BCUT2D eigenvalue weighted by Crippen LogP contribution is 2.20. The quantitative estimate of drug-likeness (QED) is 0.663. The van der Waals surface area contributed by atoms with E-state index in [1.54, 1.807) is 19.2 Å². The molecule has 1 aromatic carbocycles. The van der Waals surface area contributed by atoms with Crippen molar-refractivity contribution >= 4 is 29.1 Å². The van der Waals surface area contributed by atoms with Gasteiger partial charge in [-0.3, -0.25) is 9.59 Å². The summed E-state index contributed by atoms with van der Waals surface area (Å²) < 4.78 is 4.91. The zero-order valence-corrected chi connectivity index (χ0v) is 12.9. The van der Waals surface area contributed by atoms with Gasteiger partial charge in [-0.2, -0.15) is 0 Å². The first-order chi connectivity index (χ1) is 9.99. The Hall–Kier alpha value is -1.63. The lowest BCUT2D eigenvalue weighted by molar-refractivity contribution is -0.117. The predicted molar refractivity (Wildman–Crippen MR) is 82.6 cm³/mol. The first-order valence-corrected chi connectivity index (χ1v) is 6.94. The molecule has 0 fully saturated rings. The van der Waals surface area contributed by atoms with E-state index in [9.17, 15) is 9.59 Å². The molecule has 0 aliphatic heterocycles. The minimum absolute atomic E-state index is 0.296. The molecule has 7 heteroatoms. The number of carbonyl (C=O) groups is 2. The van der Waals surface area contributed by atoms with Crippen molar-refractivity contribution in [3.05, 3.63) is 28.8 Å². The molecule has 21 heavy (non-hydrogen) atoms. The number of halogens is 1. The van der Waals surface area contributed by atoms with Crippen LogP contribution >= 0.6 is 11.6 Å². The van der Waals surface area contributed by atoms with E-state index in [0.29, 0.717) is 35.7 Å². The number of methoxy groups -OCH3 is 1. The first-order valence-electron chi connectivity index (χ1n) is 6.56. The van der Waals surface area contributed by atoms with Crippen LogP contribution in [-0.4, -0.2) is 38.6 Å². The van der Waals surface area contributed by atoms with Crippen LogP contribution in [0.15, 0.2) is 18.2 Å². The monoisotopic (exact) mass is 313 g/mol. The summed E-state index contributed by atoms with van der Waals surface area (Å²) in [5, 5.41) is 5.47. The largest absolute Gasteiger partial charge is 0.385 e. The molecule has 1 aromatic rings. The number of anilines is 1. The van der Waals surface area contributed by atoms with Gasteiger partial charge in [0.15, 0.2) is 0 Å². The number of rotatable bonds is 7.